The highest BCUT2D eigenvalue weighted by Gasteiger charge is 2.33. The van der Waals surface area contributed by atoms with Gasteiger partial charge in [0.25, 0.3) is 0 Å². The summed E-state index contributed by atoms with van der Waals surface area (Å²) in [5.74, 6) is 1.30. The predicted molar refractivity (Wildman–Crippen MR) is 61.8 cm³/mol. The molecule has 16 heavy (non-hydrogen) atoms. The number of benzene rings is 1. The molecule has 0 radical (unpaired) electrons. The smallest absolute Gasteiger partial charge is 0.131 e. The SMILES string of the molecule is COc1ccc(C(N)C(C)C2CC2)c(F)c1. The normalized spacial score (nSPS) is 19.2. The van der Waals surface area contributed by atoms with Crippen LogP contribution in [0, 0.1) is 17.7 Å². The molecule has 0 heterocycles. The Labute approximate surface area is 95.6 Å². The first-order valence-electron chi connectivity index (χ1n) is 5.72. The summed E-state index contributed by atoms with van der Waals surface area (Å²) < 4.78 is 18.7. The lowest BCUT2D eigenvalue weighted by Crippen LogP contribution is -2.21. The van der Waals surface area contributed by atoms with Crippen molar-refractivity contribution in [2.45, 2.75) is 25.8 Å². The van der Waals surface area contributed by atoms with Gasteiger partial charge < -0.3 is 10.5 Å². The molecular weight excluding hydrogens is 205 g/mol. The number of halogens is 1. The Hall–Kier alpha value is -1.09. The Morgan fingerprint density at radius 1 is 1.44 bits per heavy atom. The van der Waals surface area contributed by atoms with E-state index in [4.69, 9.17) is 10.5 Å². The number of nitrogens with two attached hydrogens (primary N) is 1. The minimum atomic E-state index is -0.264. The van der Waals surface area contributed by atoms with E-state index in [0.717, 1.165) is 0 Å². The molecule has 88 valence electrons. The van der Waals surface area contributed by atoms with E-state index in [9.17, 15) is 4.39 Å². The van der Waals surface area contributed by atoms with Crippen LogP contribution >= 0.6 is 0 Å². The van der Waals surface area contributed by atoms with Crippen molar-refractivity contribution in [3.63, 3.8) is 0 Å². The average molecular weight is 223 g/mol. The maximum absolute atomic E-state index is 13.8. The van der Waals surface area contributed by atoms with Gasteiger partial charge in [-0.15, -0.1) is 0 Å². The first kappa shape index (κ1) is 11.4. The number of ether oxygens (including phenoxy) is 1. The van der Waals surface area contributed by atoms with Crippen LogP contribution in [-0.4, -0.2) is 7.11 Å². The van der Waals surface area contributed by atoms with Crippen LogP contribution in [0.25, 0.3) is 0 Å². The summed E-state index contributed by atoms with van der Waals surface area (Å²) in [6, 6.07) is 4.68. The van der Waals surface area contributed by atoms with E-state index in [1.807, 2.05) is 0 Å². The lowest BCUT2D eigenvalue weighted by Gasteiger charge is -2.20. The Balaban J connectivity index is 2.18. The van der Waals surface area contributed by atoms with Crippen molar-refractivity contribution in [1.29, 1.82) is 0 Å². The molecule has 2 nitrogen and oxygen atoms in total. The van der Waals surface area contributed by atoms with Crippen molar-refractivity contribution >= 4 is 0 Å². The molecule has 2 atom stereocenters. The molecule has 2 rings (SSSR count). The lowest BCUT2D eigenvalue weighted by molar-refractivity contribution is 0.395. The molecule has 0 spiro atoms. The molecule has 1 aromatic rings. The van der Waals surface area contributed by atoms with Gasteiger partial charge in [0.15, 0.2) is 0 Å². The van der Waals surface area contributed by atoms with Crippen LogP contribution in [0.1, 0.15) is 31.4 Å². The molecule has 2 unspecified atom stereocenters. The van der Waals surface area contributed by atoms with E-state index in [0.29, 0.717) is 23.1 Å². The molecule has 1 saturated carbocycles. The second-order valence-corrected chi connectivity index (χ2v) is 4.61. The highest BCUT2D eigenvalue weighted by atomic mass is 19.1. The summed E-state index contributed by atoms with van der Waals surface area (Å²) in [4.78, 5) is 0. The minimum absolute atomic E-state index is 0.210. The highest BCUT2D eigenvalue weighted by molar-refractivity contribution is 5.31. The Morgan fingerprint density at radius 2 is 2.12 bits per heavy atom. The zero-order valence-electron chi connectivity index (χ0n) is 9.74. The lowest BCUT2D eigenvalue weighted by atomic mass is 9.91. The molecule has 3 heteroatoms. The van der Waals surface area contributed by atoms with Crippen molar-refractivity contribution in [3.8, 4) is 5.75 Å². The third-order valence-corrected chi connectivity index (χ3v) is 3.50. The summed E-state index contributed by atoms with van der Waals surface area (Å²) in [5.41, 5.74) is 6.69. The molecule has 0 aliphatic heterocycles. The van der Waals surface area contributed by atoms with Gasteiger partial charge in [-0.3, -0.25) is 0 Å². The number of rotatable bonds is 4. The summed E-state index contributed by atoms with van der Waals surface area (Å²) in [5, 5.41) is 0. The van der Waals surface area contributed by atoms with E-state index in [1.54, 1.807) is 12.1 Å². The fourth-order valence-corrected chi connectivity index (χ4v) is 2.10. The summed E-state index contributed by atoms with van der Waals surface area (Å²) in [6.45, 7) is 2.10. The fourth-order valence-electron chi connectivity index (χ4n) is 2.10. The van der Waals surface area contributed by atoms with Crippen molar-refractivity contribution in [3.05, 3.63) is 29.6 Å². The quantitative estimate of drug-likeness (QED) is 0.851. The molecule has 1 fully saturated rings. The van der Waals surface area contributed by atoms with Gasteiger partial charge in [0.2, 0.25) is 0 Å². The van der Waals surface area contributed by atoms with Gasteiger partial charge in [-0.1, -0.05) is 13.0 Å². The Kier molecular flexibility index (Phi) is 3.15. The van der Waals surface area contributed by atoms with Gasteiger partial charge in [0.1, 0.15) is 11.6 Å². The summed E-state index contributed by atoms with van der Waals surface area (Å²) in [6.07, 6.45) is 2.46. The van der Waals surface area contributed by atoms with E-state index in [-0.39, 0.29) is 11.9 Å². The van der Waals surface area contributed by atoms with Crippen molar-refractivity contribution < 1.29 is 9.13 Å². The van der Waals surface area contributed by atoms with E-state index >= 15 is 0 Å². The second-order valence-electron chi connectivity index (χ2n) is 4.61. The molecule has 1 aliphatic rings. The van der Waals surface area contributed by atoms with Crippen LogP contribution in [0.2, 0.25) is 0 Å². The Bertz CT molecular complexity index is 376. The number of hydrogen-bond acceptors (Lipinski definition) is 2. The van der Waals surface area contributed by atoms with Crippen LogP contribution < -0.4 is 10.5 Å². The van der Waals surface area contributed by atoms with Crippen molar-refractivity contribution in [2.24, 2.45) is 17.6 Å². The maximum atomic E-state index is 13.8. The van der Waals surface area contributed by atoms with E-state index in [1.165, 1.54) is 26.0 Å². The molecule has 0 amide bonds. The van der Waals surface area contributed by atoms with Crippen LogP contribution in [0.5, 0.6) is 5.75 Å². The molecule has 0 bridgehead atoms. The van der Waals surface area contributed by atoms with Gasteiger partial charge in [0, 0.05) is 17.7 Å². The highest BCUT2D eigenvalue weighted by Crippen LogP contribution is 2.42. The zero-order chi connectivity index (χ0) is 11.7. The molecule has 2 N–H and O–H groups in total. The van der Waals surface area contributed by atoms with Gasteiger partial charge in [-0.05, 0) is 30.7 Å². The van der Waals surface area contributed by atoms with Crippen LogP contribution in [0.3, 0.4) is 0 Å². The third-order valence-electron chi connectivity index (χ3n) is 3.50. The van der Waals surface area contributed by atoms with Crippen LogP contribution in [0.4, 0.5) is 4.39 Å². The van der Waals surface area contributed by atoms with Gasteiger partial charge >= 0.3 is 0 Å². The first-order valence-corrected chi connectivity index (χ1v) is 5.72. The molecule has 0 aromatic heterocycles. The standard InChI is InChI=1S/C13H18FNO/c1-8(9-3-4-9)13(15)11-6-5-10(16-2)7-12(11)14/h5-9,13H,3-4,15H2,1-2H3. The largest absolute Gasteiger partial charge is 0.497 e. The Morgan fingerprint density at radius 3 is 2.62 bits per heavy atom. The van der Waals surface area contributed by atoms with Gasteiger partial charge in [-0.25, -0.2) is 4.39 Å². The van der Waals surface area contributed by atoms with E-state index < -0.39 is 0 Å². The fraction of sp³-hybridized carbons (Fsp3) is 0.538. The topological polar surface area (TPSA) is 35.2 Å². The summed E-state index contributed by atoms with van der Waals surface area (Å²) >= 11 is 0. The van der Waals surface area contributed by atoms with Crippen LogP contribution in [-0.2, 0) is 0 Å². The minimum Gasteiger partial charge on any atom is -0.497 e. The molecule has 1 aliphatic carbocycles. The first-order chi connectivity index (χ1) is 7.63. The number of methoxy groups -OCH3 is 1. The second kappa shape index (κ2) is 4.42. The van der Waals surface area contributed by atoms with Gasteiger partial charge in [0.05, 0.1) is 7.11 Å². The van der Waals surface area contributed by atoms with E-state index in [2.05, 4.69) is 6.92 Å². The molecule has 1 aromatic carbocycles. The van der Waals surface area contributed by atoms with Crippen molar-refractivity contribution in [2.75, 3.05) is 7.11 Å². The predicted octanol–water partition coefficient (Wildman–Crippen LogP) is 2.88. The van der Waals surface area contributed by atoms with Crippen LogP contribution in [0.15, 0.2) is 18.2 Å². The maximum Gasteiger partial charge on any atom is 0.131 e. The summed E-state index contributed by atoms with van der Waals surface area (Å²) in [7, 11) is 1.53. The third kappa shape index (κ3) is 2.19. The van der Waals surface area contributed by atoms with Crippen molar-refractivity contribution in [1.82, 2.24) is 0 Å². The number of hydrogen-bond donors (Lipinski definition) is 1. The zero-order valence-corrected chi connectivity index (χ0v) is 9.74. The average Bonchev–Trinajstić information content (AvgIpc) is 3.10. The molecular formula is C13H18FNO. The van der Waals surface area contributed by atoms with Gasteiger partial charge in [-0.2, -0.15) is 0 Å². The molecule has 0 saturated heterocycles. The monoisotopic (exact) mass is 223 g/mol.